The second-order valence-electron chi connectivity index (χ2n) is 2.92. The van der Waals surface area contributed by atoms with Gasteiger partial charge in [0.15, 0.2) is 0 Å². The molecule has 0 radical (unpaired) electrons. The summed E-state index contributed by atoms with van der Waals surface area (Å²) < 4.78 is 5.21. The van der Waals surface area contributed by atoms with Gasteiger partial charge in [-0.3, -0.25) is 0 Å². The summed E-state index contributed by atoms with van der Waals surface area (Å²) in [6.07, 6.45) is 1.09. The van der Waals surface area contributed by atoms with Gasteiger partial charge in [0.05, 0.1) is 18.8 Å². The van der Waals surface area contributed by atoms with Crippen LogP contribution in [0.3, 0.4) is 0 Å². The smallest absolute Gasteiger partial charge is 0.0800 e. The van der Waals surface area contributed by atoms with Crippen molar-refractivity contribution in [3.63, 3.8) is 0 Å². The molecule has 2 nitrogen and oxygen atoms in total. The van der Waals surface area contributed by atoms with Crippen LogP contribution in [0.2, 0.25) is 0 Å². The predicted octanol–water partition coefficient (Wildman–Crippen LogP) is 0.792. The summed E-state index contributed by atoms with van der Waals surface area (Å²) in [6, 6.07) is 0. The van der Waals surface area contributed by atoms with Crippen LogP contribution in [0.5, 0.6) is 0 Å². The molecule has 1 aliphatic rings. The van der Waals surface area contributed by atoms with Crippen LogP contribution in [0.4, 0.5) is 0 Å². The largest absolute Gasteiger partial charge is 0.390 e. The number of aliphatic hydroxyl groups excluding tert-OH is 1. The van der Waals surface area contributed by atoms with Crippen molar-refractivity contribution in [2.45, 2.75) is 32.5 Å². The Morgan fingerprint density at radius 3 is 2.56 bits per heavy atom. The lowest BCUT2D eigenvalue weighted by Crippen LogP contribution is -2.34. The van der Waals surface area contributed by atoms with Crippen LogP contribution in [-0.2, 0) is 4.74 Å². The fourth-order valence-electron chi connectivity index (χ4n) is 1.18. The summed E-state index contributed by atoms with van der Waals surface area (Å²) in [7, 11) is 0. The van der Waals surface area contributed by atoms with E-state index in [-0.39, 0.29) is 6.10 Å². The Hall–Kier alpha value is -0.0800. The molecule has 0 aliphatic carbocycles. The summed E-state index contributed by atoms with van der Waals surface area (Å²) in [4.78, 5) is 0. The van der Waals surface area contributed by atoms with E-state index in [1.54, 1.807) is 0 Å². The van der Waals surface area contributed by atoms with Crippen molar-refractivity contribution < 1.29 is 9.84 Å². The van der Waals surface area contributed by atoms with Crippen LogP contribution in [0.1, 0.15) is 20.3 Å². The molecule has 2 heteroatoms. The molecular weight excluding hydrogens is 116 g/mol. The van der Waals surface area contributed by atoms with Crippen molar-refractivity contribution in [1.29, 1.82) is 0 Å². The zero-order valence-corrected chi connectivity index (χ0v) is 6.00. The maximum absolute atomic E-state index is 9.17. The molecule has 0 unspecified atom stereocenters. The van der Waals surface area contributed by atoms with Gasteiger partial charge in [0, 0.05) is 0 Å². The third-order valence-electron chi connectivity index (χ3n) is 1.91. The first-order valence-electron chi connectivity index (χ1n) is 3.50. The lowest BCUT2D eigenvalue weighted by Gasteiger charge is -2.28. The maximum atomic E-state index is 9.17. The first-order chi connectivity index (χ1) is 4.20. The van der Waals surface area contributed by atoms with E-state index >= 15 is 0 Å². The minimum absolute atomic E-state index is 0.235. The molecular formula is C7H14O2. The second-order valence-corrected chi connectivity index (χ2v) is 2.92. The summed E-state index contributed by atoms with van der Waals surface area (Å²) in [6.45, 7) is 4.62. The molecule has 1 saturated heterocycles. The Morgan fingerprint density at radius 1 is 1.44 bits per heavy atom. The molecule has 3 atom stereocenters. The number of ether oxygens (including phenoxy) is 1. The van der Waals surface area contributed by atoms with Gasteiger partial charge in [-0.1, -0.05) is 6.92 Å². The Balaban J connectivity index is 2.35. The third-order valence-corrected chi connectivity index (χ3v) is 1.91. The maximum Gasteiger partial charge on any atom is 0.0800 e. The molecule has 1 rings (SSSR count). The van der Waals surface area contributed by atoms with Crippen molar-refractivity contribution in [1.82, 2.24) is 0 Å². The van der Waals surface area contributed by atoms with Gasteiger partial charge in [0.25, 0.3) is 0 Å². The van der Waals surface area contributed by atoms with Gasteiger partial charge in [0.2, 0.25) is 0 Å². The average Bonchev–Trinajstić information content (AvgIpc) is 1.80. The first-order valence-corrected chi connectivity index (χ1v) is 3.50. The highest BCUT2D eigenvalue weighted by Crippen LogP contribution is 2.18. The molecule has 0 aromatic carbocycles. The molecule has 54 valence electrons. The summed E-state index contributed by atoms with van der Waals surface area (Å²) in [5.74, 6) is 0.411. The van der Waals surface area contributed by atoms with Crippen LogP contribution < -0.4 is 0 Å². The third kappa shape index (κ3) is 1.66. The molecule has 0 aromatic rings. The Labute approximate surface area is 55.8 Å². The second kappa shape index (κ2) is 2.67. The number of hydrogen-bond donors (Lipinski definition) is 1. The zero-order valence-electron chi connectivity index (χ0n) is 6.00. The Bertz CT molecular complexity index is 92.9. The molecule has 0 saturated carbocycles. The van der Waals surface area contributed by atoms with Crippen molar-refractivity contribution in [3.8, 4) is 0 Å². The highest BCUT2D eigenvalue weighted by atomic mass is 16.5. The molecule has 9 heavy (non-hydrogen) atoms. The van der Waals surface area contributed by atoms with Crippen molar-refractivity contribution in [2.75, 3.05) is 6.61 Å². The summed E-state index contributed by atoms with van der Waals surface area (Å²) in [5, 5.41) is 9.17. The van der Waals surface area contributed by atoms with Crippen LogP contribution in [0.25, 0.3) is 0 Å². The molecule has 1 N–H and O–H groups in total. The van der Waals surface area contributed by atoms with E-state index in [9.17, 15) is 5.11 Å². The SMILES string of the molecule is C[C@@H]1C[C@H](C)[C@H](O)CO1. The average molecular weight is 130 g/mol. The molecule has 0 bridgehead atoms. The fraction of sp³-hybridized carbons (Fsp3) is 1.00. The molecule has 0 amide bonds. The van der Waals surface area contributed by atoms with Gasteiger partial charge >= 0.3 is 0 Å². The van der Waals surface area contributed by atoms with Gasteiger partial charge in [-0.15, -0.1) is 0 Å². The fourth-order valence-corrected chi connectivity index (χ4v) is 1.18. The number of aliphatic hydroxyl groups is 1. The van der Waals surface area contributed by atoms with Crippen LogP contribution in [0, 0.1) is 5.92 Å². The summed E-state index contributed by atoms with van der Waals surface area (Å²) >= 11 is 0. The molecule has 1 fully saturated rings. The molecule has 1 heterocycles. The van der Waals surface area contributed by atoms with E-state index in [0.29, 0.717) is 18.6 Å². The lowest BCUT2D eigenvalue weighted by atomic mass is 9.96. The van der Waals surface area contributed by atoms with Crippen molar-refractivity contribution in [3.05, 3.63) is 0 Å². The number of hydrogen-bond acceptors (Lipinski definition) is 2. The van der Waals surface area contributed by atoms with Crippen molar-refractivity contribution >= 4 is 0 Å². The Kier molecular flexibility index (Phi) is 2.09. The van der Waals surface area contributed by atoms with E-state index in [2.05, 4.69) is 6.92 Å². The van der Waals surface area contributed by atoms with Gasteiger partial charge in [-0.05, 0) is 19.3 Å². The number of rotatable bonds is 0. The predicted molar refractivity (Wildman–Crippen MR) is 35.2 cm³/mol. The Morgan fingerprint density at radius 2 is 2.11 bits per heavy atom. The summed E-state index contributed by atoms with van der Waals surface area (Å²) in [5.41, 5.74) is 0. The highest BCUT2D eigenvalue weighted by Gasteiger charge is 2.23. The normalized spacial score (nSPS) is 45.0. The minimum Gasteiger partial charge on any atom is -0.390 e. The van der Waals surface area contributed by atoms with Gasteiger partial charge in [0.1, 0.15) is 0 Å². The van der Waals surface area contributed by atoms with E-state index < -0.39 is 0 Å². The first kappa shape index (κ1) is 7.03. The molecule has 0 aromatic heterocycles. The van der Waals surface area contributed by atoms with E-state index in [1.807, 2.05) is 6.92 Å². The molecule has 1 aliphatic heterocycles. The van der Waals surface area contributed by atoms with Gasteiger partial charge in [-0.2, -0.15) is 0 Å². The van der Waals surface area contributed by atoms with E-state index in [0.717, 1.165) is 6.42 Å². The minimum atomic E-state index is -0.235. The lowest BCUT2D eigenvalue weighted by molar-refractivity contribution is -0.0762. The van der Waals surface area contributed by atoms with E-state index in [4.69, 9.17) is 4.74 Å². The standard InChI is InChI=1S/C7H14O2/c1-5-3-6(2)9-4-7(5)8/h5-8H,3-4H2,1-2H3/t5-,6+,7+/m0/s1. The van der Waals surface area contributed by atoms with Crippen LogP contribution >= 0.6 is 0 Å². The zero-order chi connectivity index (χ0) is 6.85. The van der Waals surface area contributed by atoms with Gasteiger partial charge in [-0.25, -0.2) is 0 Å². The van der Waals surface area contributed by atoms with Crippen LogP contribution in [-0.4, -0.2) is 23.9 Å². The van der Waals surface area contributed by atoms with E-state index in [1.165, 1.54) is 0 Å². The van der Waals surface area contributed by atoms with Gasteiger partial charge < -0.3 is 9.84 Å². The van der Waals surface area contributed by atoms with Crippen LogP contribution in [0.15, 0.2) is 0 Å². The quantitative estimate of drug-likeness (QED) is 0.525. The van der Waals surface area contributed by atoms with Crippen molar-refractivity contribution in [2.24, 2.45) is 5.92 Å². The molecule has 0 spiro atoms. The highest BCUT2D eigenvalue weighted by molar-refractivity contribution is 4.72. The topological polar surface area (TPSA) is 29.5 Å². The monoisotopic (exact) mass is 130 g/mol.